The summed E-state index contributed by atoms with van der Waals surface area (Å²) in [4.78, 5) is 19.5. The molecule has 1 aliphatic rings. The number of hydrogen-bond donors (Lipinski definition) is 0. The van der Waals surface area contributed by atoms with Crippen molar-refractivity contribution in [1.29, 1.82) is 0 Å². The fraction of sp³-hybridized carbons (Fsp3) is 0.571. The molecule has 0 saturated carbocycles. The molecular formula is C14H21N3O. The Morgan fingerprint density at radius 3 is 2.83 bits per heavy atom. The molecule has 2 heterocycles. The zero-order valence-corrected chi connectivity index (χ0v) is 11.4. The second kappa shape index (κ2) is 5.38. The van der Waals surface area contributed by atoms with E-state index in [0.29, 0.717) is 0 Å². The van der Waals surface area contributed by atoms with Gasteiger partial charge in [0.25, 0.3) is 0 Å². The molecule has 1 amide bonds. The Hall–Kier alpha value is -1.58. The summed E-state index contributed by atoms with van der Waals surface area (Å²) < 4.78 is 0. The molecule has 18 heavy (non-hydrogen) atoms. The molecule has 2 rings (SSSR count). The molecule has 4 nitrogen and oxygen atoms in total. The van der Waals surface area contributed by atoms with Crippen LogP contribution in [0.1, 0.15) is 36.4 Å². The zero-order valence-electron chi connectivity index (χ0n) is 11.4. The minimum Gasteiger partial charge on any atom is -0.363 e. The van der Waals surface area contributed by atoms with Crippen LogP contribution in [0.5, 0.6) is 0 Å². The molecule has 1 aromatic heterocycles. The Morgan fingerprint density at radius 1 is 1.44 bits per heavy atom. The van der Waals surface area contributed by atoms with E-state index in [9.17, 15) is 4.79 Å². The van der Waals surface area contributed by atoms with Gasteiger partial charge in [-0.3, -0.25) is 4.79 Å². The Bertz CT molecular complexity index is 431. The van der Waals surface area contributed by atoms with E-state index < -0.39 is 0 Å². The average Bonchev–Trinajstić information content (AvgIpc) is 2.38. The van der Waals surface area contributed by atoms with Crippen molar-refractivity contribution in [2.24, 2.45) is 0 Å². The van der Waals surface area contributed by atoms with Crippen LogP contribution >= 0.6 is 0 Å². The number of amides is 1. The Kier molecular flexibility index (Phi) is 3.84. The number of carbonyl (C=O) groups is 1. The maximum Gasteiger partial charge on any atom is 0.210 e. The predicted octanol–water partition coefficient (Wildman–Crippen LogP) is 2.14. The number of likely N-dealkylation sites (tertiary alicyclic amines) is 1. The highest BCUT2D eigenvalue weighted by Gasteiger charge is 2.24. The summed E-state index contributed by atoms with van der Waals surface area (Å²) in [6.45, 7) is 2.96. The molecule has 0 unspecified atom stereocenters. The van der Waals surface area contributed by atoms with Crippen LogP contribution in [0.3, 0.4) is 0 Å². The molecule has 0 bridgehead atoms. The van der Waals surface area contributed by atoms with Crippen molar-refractivity contribution in [2.45, 2.75) is 32.2 Å². The molecule has 0 radical (unpaired) electrons. The van der Waals surface area contributed by atoms with Crippen LogP contribution in [0.15, 0.2) is 12.3 Å². The fourth-order valence-corrected chi connectivity index (χ4v) is 2.56. The van der Waals surface area contributed by atoms with Gasteiger partial charge >= 0.3 is 0 Å². The highest BCUT2D eigenvalue weighted by Crippen LogP contribution is 2.32. The number of aryl methyl sites for hydroxylation is 1. The van der Waals surface area contributed by atoms with Gasteiger partial charge in [0, 0.05) is 26.8 Å². The number of nitrogens with zero attached hydrogens (tertiary/aromatic N) is 3. The molecule has 0 aromatic carbocycles. The van der Waals surface area contributed by atoms with Crippen molar-refractivity contribution in [3.8, 4) is 0 Å². The van der Waals surface area contributed by atoms with Gasteiger partial charge in [0.2, 0.25) is 6.41 Å². The molecule has 1 aliphatic heterocycles. The zero-order chi connectivity index (χ0) is 13.1. The van der Waals surface area contributed by atoms with Crippen LogP contribution in [0, 0.1) is 6.92 Å². The van der Waals surface area contributed by atoms with Gasteiger partial charge in [-0.25, -0.2) is 4.98 Å². The lowest BCUT2D eigenvalue weighted by atomic mass is 9.94. The molecule has 4 heteroatoms. The highest BCUT2D eigenvalue weighted by atomic mass is 16.1. The Morgan fingerprint density at radius 2 is 2.22 bits per heavy atom. The normalized spacial score (nSPS) is 19.7. The summed E-state index contributed by atoms with van der Waals surface area (Å²) >= 11 is 0. The minimum absolute atomic E-state index is 0.208. The van der Waals surface area contributed by atoms with E-state index in [4.69, 9.17) is 0 Å². The van der Waals surface area contributed by atoms with E-state index in [0.717, 1.165) is 31.6 Å². The van der Waals surface area contributed by atoms with E-state index in [1.165, 1.54) is 17.5 Å². The fourth-order valence-electron chi connectivity index (χ4n) is 2.56. The lowest BCUT2D eigenvalue weighted by molar-refractivity contribution is -0.121. The summed E-state index contributed by atoms with van der Waals surface area (Å²) in [5.74, 6) is 0.963. The van der Waals surface area contributed by atoms with Gasteiger partial charge < -0.3 is 9.80 Å². The van der Waals surface area contributed by atoms with Crippen LogP contribution in [0.25, 0.3) is 0 Å². The van der Waals surface area contributed by atoms with E-state index in [2.05, 4.69) is 18.0 Å². The van der Waals surface area contributed by atoms with E-state index in [-0.39, 0.29) is 6.04 Å². The third kappa shape index (κ3) is 2.47. The molecule has 0 spiro atoms. The van der Waals surface area contributed by atoms with Crippen molar-refractivity contribution in [3.63, 3.8) is 0 Å². The number of hydrogen-bond acceptors (Lipinski definition) is 3. The van der Waals surface area contributed by atoms with Crippen molar-refractivity contribution in [2.75, 3.05) is 25.5 Å². The van der Waals surface area contributed by atoms with E-state index in [1.54, 1.807) is 0 Å². The van der Waals surface area contributed by atoms with Gasteiger partial charge in [-0.2, -0.15) is 0 Å². The maximum absolute atomic E-state index is 11.1. The molecule has 98 valence electrons. The minimum atomic E-state index is 0.208. The van der Waals surface area contributed by atoms with Gasteiger partial charge in [0.05, 0.1) is 6.04 Å². The van der Waals surface area contributed by atoms with Gasteiger partial charge in [-0.05, 0) is 43.4 Å². The average molecular weight is 247 g/mol. The molecule has 1 fully saturated rings. The van der Waals surface area contributed by atoms with Crippen molar-refractivity contribution in [3.05, 3.63) is 23.4 Å². The van der Waals surface area contributed by atoms with Crippen LogP contribution in [0.2, 0.25) is 0 Å². The standard InChI is InChI=1S/C14H21N3O/c1-11-8-14(16(2)3)15-9-12(11)13-6-4-5-7-17(13)10-18/h8-10,13H,4-7H2,1-3H3/t13-/m0/s1. The predicted molar refractivity (Wildman–Crippen MR) is 72.7 cm³/mol. The summed E-state index contributed by atoms with van der Waals surface area (Å²) in [7, 11) is 3.97. The number of pyridine rings is 1. The second-order valence-electron chi connectivity index (χ2n) is 5.15. The molecule has 1 aromatic rings. The van der Waals surface area contributed by atoms with E-state index >= 15 is 0 Å². The first-order chi connectivity index (χ1) is 8.63. The monoisotopic (exact) mass is 247 g/mol. The number of piperidine rings is 1. The van der Waals surface area contributed by atoms with Crippen LogP contribution in [-0.4, -0.2) is 36.9 Å². The summed E-state index contributed by atoms with van der Waals surface area (Å²) in [5.41, 5.74) is 2.40. The number of anilines is 1. The van der Waals surface area contributed by atoms with Gasteiger partial charge in [0.1, 0.15) is 5.82 Å². The third-order valence-corrected chi connectivity index (χ3v) is 3.63. The Balaban J connectivity index is 2.29. The molecule has 0 N–H and O–H groups in total. The highest BCUT2D eigenvalue weighted by molar-refractivity contribution is 5.50. The third-order valence-electron chi connectivity index (χ3n) is 3.63. The topological polar surface area (TPSA) is 36.4 Å². The first-order valence-corrected chi connectivity index (χ1v) is 6.48. The molecule has 0 aliphatic carbocycles. The van der Waals surface area contributed by atoms with Crippen molar-refractivity contribution >= 4 is 12.2 Å². The van der Waals surface area contributed by atoms with Crippen LogP contribution < -0.4 is 4.90 Å². The lowest BCUT2D eigenvalue weighted by Gasteiger charge is -2.33. The summed E-state index contributed by atoms with van der Waals surface area (Å²) in [6.07, 6.45) is 6.24. The first kappa shape index (κ1) is 12.9. The summed E-state index contributed by atoms with van der Waals surface area (Å²) in [6, 6.07) is 2.30. The first-order valence-electron chi connectivity index (χ1n) is 6.48. The second-order valence-corrected chi connectivity index (χ2v) is 5.15. The van der Waals surface area contributed by atoms with Gasteiger partial charge in [0.15, 0.2) is 0 Å². The molecule has 1 saturated heterocycles. The summed E-state index contributed by atoms with van der Waals surface area (Å²) in [5, 5.41) is 0. The van der Waals surface area contributed by atoms with Crippen LogP contribution in [-0.2, 0) is 4.79 Å². The van der Waals surface area contributed by atoms with Crippen LogP contribution in [0.4, 0.5) is 5.82 Å². The quantitative estimate of drug-likeness (QED) is 0.768. The van der Waals surface area contributed by atoms with Crippen molar-refractivity contribution in [1.82, 2.24) is 9.88 Å². The SMILES string of the molecule is Cc1cc(N(C)C)ncc1[C@@H]1CCCCN1C=O. The van der Waals surface area contributed by atoms with Gasteiger partial charge in [-0.15, -0.1) is 0 Å². The van der Waals surface area contributed by atoms with E-state index in [1.807, 2.05) is 30.1 Å². The number of aromatic nitrogens is 1. The molecule has 1 atom stereocenters. The Labute approximate surface area is 109 Å². The smallest absolute Gasteiger partial charge is 0.210 e. The number of rotatable bonds is 3. The van der Waals surface area contributed by atoms with Gasteiger partial charge in [-0.1, -0.05) is 0 Å². The maximum atomic E-state index is 11.1. The molecular weight excluding hydrogens is 226 g/mol. The number of carbonyl (C=O) groups excluding carboxylic acids is 1. The largest absolute Gasteiger partial charge is 0.363 e. The van der Waals surface area contributed by atoms with Crippen molar-refractivity contribution < 1.29 is 4.79 Å². The lowest BCUT2D eigenvalue weighted by Crippen LogP contribution is -2.32.